The molecule has 0 saturated carbocycles. The third-order valence-electron chi connectivity index (χ3n) is 4.93. The molecule has 1 amide bonds. The summed E-state index contributed by atoms with van der Waals surface area (Å²) in [5, 5.41) is 7.38. The lowest BCUT2D eigenvalue weighted by Gasteiger charge is -2.05. The molecule has 2 aromatic heterocycles. The highest BCUT2D eigenvalue weighted by molar-refractivity contribution is 6.10. The van der Waals surface area contributed by atoms with Gasteiger partial charge >= 0.3 is 0 Å². The van der Waals surface area contributed by atoms with Crippen molar-refractivity contribution in [2.24, 2.45) is 5.10 Å². The first kappa shape index (κ1) is 21.3. The number of carbonyl (C=O) groups excluding carboxylic acids is 1. The highest BCUT2D eigenvalue weighted by Crippen LogP contribution is 2.27. The van der Waals surface area contributed by atoms with Crippen LogP contribution in [0.3, 0.4) is 0 Å². The maximum atomic E-state index is 13.0. The molecule has 9 nitrogen and oxygen atoms in total. The van der Waals surface area contributed by atoms with E-state index in [9.17, 15) is 4.79 Å². The summed E-state index contributed by atoms with van der Waals surface area (Å²) in [4.78, 5) is 22.3. The molecule has 0 bridgehead atoms. The molecule has 0 aliphatic rings. The van der Waals surface area contributed by atoms with Crippen LogP contribution in [0.1, 0.15) is 22.3 Å². The highest BCUT2D eigenvalue weighted by Gasteiger charge is 2.23. The van der Waals surface area contributed by atoms with Crippen LogP contribution >= 0.6 is 0 Å². The van der Waals surface area contributed by atoms with Gasteiger partial charge in [-0.05, 0) is 36.2 Å². The van der Waals surface area contributed by atoms with Crippen molar-refractivity contribution in [3.8, 4) is 5.75 Å². The second-order valence-corrected chi connectivity index (χ2v) is 7.08. The van der Waals surface area contributed by atoms with Crippen LogP contribution in [0.2, 0.25) is 0 Å². The molecule has 2 aromatic carbocycles. The van der Waals surface area contributed by atoms with E-state index in [1.807, 2.05) is 48.5 Å². The minimum atomic E-state index is -0.330. The van der Waals surface area contributed by atoms with Crippen molar-refractivity contribution in [2.75, 3.05) is 33.1 Å². The normalized spacial score (nSPS) is 11.4. The number of nitrogens with two attached hydrogens (primary N) is 1. The van der Waals surface area contributed by atoms with E-state index in [4.69, 9.17) is 15.2 Å². The summed E-state index contributed by atoms with van der Waals surface area (Å²) < 4.78 is 11.7. The van der Waals surface area contributed by atoms with Crippen LogP contribution in [-0.2, 0) is 4.74 Å². The van der Waals surface area contributed by atoms with Gasteiger partial charge in [0.2, 0.25) is 0 Å². The fourth-order valence-electron chi connectivity index (χ4n) is 3.34. The summed E-state index contributed by atoms with van der Waals surface area (Å²) in [5.74, 6) is 0.545. The molecular formula is C23H24N6O3. The predicted molar refractivity (Wildman–Crippen MR) is 124 cm³/mol. The zero-order valence-electron chi connectivity index (χ0n) is 17.9. The maximum Gasteiger partial charge on any atom is 0.257 e. The predicted octanol–water partition coefficient (Wildman–Crippen LogP) is 2.82. The van der Waals surface area contributed by atoms with Crippen LogP contribution < -0.4 is 15.8 Å². The molecule has 0 radical (unpaired) electrons. The first-order valence-corrected chi connectivity index (χ1v) is 10.1. The zero-order valence-corrected chi connectivity index (χ0v) is 17.9. The van der Waals surface area contributed by atoms with E-state index in [0.717, 1.165) is 5.56 Å². The van der Waals surface area contributed by atoms with Gasteiger partial charge in [-0.2, -0.15) is 9.78 Å². The molecule has 0 spiro atoms. The molecule has 0 unspecified atom stereocenters. The number of fused-ring (bicyclic) bond motifs is 2. The number of hydrogen-bond donors (Lipinski definition) is 2. The van der Waals surface area contributed by atoms with Gasteiger partial charge in [0.1, 0.15) is 22.6 Å². The molecule has 4 aromatic rings. The highest BCUT2D eigenvalue weighted by atomic mass is 16.5. The molecule has 2 heterocycles. The smallest absolute Gasteiger partial charge is 0.257 e. The second-order valence-electron chi connectivity index (χ2n) is 7.08. The lowest BCUT2D eigenvalue weighted by Crippen LogP contribution is -2.26. The minimum absolute atomic E-state index is 0.165. The number of rotatable bonds is 8. The summed E-state index contributed by atoms with van der Waals surface area (Å²) in [6, 6.07) is 14.9. The van der Waals surface area contributed by atoms with Gasteiger partial charge in [-0.1, -0.05) is 24.3 Å². The number of nitrogen functional groups attached to an aromatic ring is 1. The van der Waals surface area contributed by atoms with E-state index in [2.05, 4.69) is 20.4 Å². The van der Waals surface area contributed by atoms with E-state index in [1.54, 1.807) is 20.4 Å². The van der Waals surface area contributed by atoms with Gasteiger partial charge in [0.15, 0.2) is 5.65 Å². The fourth-order valence-corrected chi connectivity index (χ4v) is 3.34. The monoisotopic (exact) mass is 432 g/mol. The number of ether oxygens (including phenoxy) is 2. The number of amides is 1. The van der Waals surface area contributed by atoms with Crippen molar-refractivity contribution < 1.29 is 14.3 Å². The summed E-state index contributed by atoms with van der Waals surface area (Å²) in [6.07, 6.45) is 2.32. The molecule has 9 heteroatoms. The number of aromatic nitrogens is 3. The number of anilines is 1. The van der Waals surface area contributed by atoms with Gasteiger partial charge in [-0.15, -0.1) is 0 Å². The van der Waals surface area contributed by atoms with Crippen molar-refractivity contribution in [3.63, 3.8) is 0 Å². The van der Waals surface area contributed by atoms with Gasteiger partial charge in [0, 0.05) is 20.3 Å². The largest absolute Gasteiger partial charge is 0.497 e. The van der Waals surface area contributed by atoms with E-state index >= 15 is 0 Å². The van der Waals surface area contributed by atoms with E-state index in [-0.39, 0.29) is 17.3 Å². The van der Waals surface area contributed by atoms with Gasteiger partial charge in [0.05, 0.1) is 24.4 Å². The maximum absolute atomic E-state index is 13.0. The Morgan fingerprint density at radius 2 is 1.94 bits per heavy atom. The summed E-state index contributed by atoms with van der Waals surface area (Å²) in [6.45, 7) is 1.000. The Bertz CT molecular complexity index is 1300. The molecular weight excluding hydrogens is 408 g/mol. The number of methoxy groups -OCH3 is 2. The Balaban J connectivity index is 1.80. The number of carbonyl (C=O) groups is 1. The molecule has 0 atom stereocenters. The van der Waals surface area contributed by atoms with Crippen LogP contribution in [0.15, 0.2) is 53.6 Å². The fraction of sp³-hybridized carbons (Fsp3) is 0.217. The zero-order chi connectivity index (χ0) is 22.5. The topological polar surface area (TPSA) is 117 Å². The average molecular weight is 432 g/mol. The van der Waals surface area contributed by atoms with Crippen molar-refractivity contribution in [1.82, 2.24) is 20.0 Å². The van der Waals surface area contributed by atoms with E-state index < -0.39 is 0 Å². The van der Waals surface area contributed by atoms with Crippen molar-refractivity contribution in [3.05, 3.63) is 59.7 Å². The molecule has 4 rings (SSSR count). The van der Waals surface area contributed by atoms with Crippen LogP contribution in [0.5, 0.6) is 5.75 Å². The Kier molecular flexibility index (Phi) is 6.27. The third-order valence-corrected chi connectivity index (χ3v) is 4.93. The van der Waals surface area contributed by atoms with Crippen LogP contribution in [0, 0.1) is 0 Å². The van der Waals surface area contributed by atoms with Crippen LogP contribution in [-0.4, -0.2) is 54.1 Å². The second kappa shape index (κ2) is 9.44. The Labute approximate surface area is 184 Å². The number of para-hydroxylation sites is 2. The van der Waals surface area contributed by atoms with Gasteiger partial charge in [-0.3, -0.25) is 4.79 Å². The Morgan fingerprint density at radius 1 is 1.16 bits per heavy atom. The van der Waals surface area contributed by atoms with Crippen molar-refractivity contribution in [1.29, 1.82) is 0 Å². The molecule has 0 fully saturated rings. The summed E-state index contributed by atoms with van der Waals surface area (Å²) >= 11 is 0. The van der Waals surface area contributed by atoms with Gasteiger partial charge in [0.25, 0.3) is 5.91 Å². The number of nitrogens with zero attached hydrogens (tertiary/aromatic N) is 4. The SMILES string of the molecule is COCCCNC(=O)c1c(N)n(/N=C/c2cccc(OC)c2)c2nc3ccccc3nc12. The summed E-state index contributed by atoms with van der Waals surface area (Å²) in [7, 11) is 3.22. The minimum Gasteiger partial charge on any atom is -0.497 e. The standard InChI is InChI=1S/C23H24N6O3/c1-31-12-6-11-25-23(30)19-20-22(28-18-10-4-3-9-17(18)27-20)29(21(19)24)26-14-15-7-5-8-16(13-15)32-2/h3-5,7-10,13-14H,6,11-12,24H2,1-2H3,(H,25,30)/b26-14+. The molecule has 3 N–H and O–H groups in total. The molecule has 0 aliphatic carbocycles. The Hall–Kier alpha value is -3.98. The van der Waals surface area contributed by atoms with Crippen molar-refractivity contribution in [2.45, 2.75) is 6.42 Å². The van der Waals surface area contributed by atoms with Crippen LogP contribution in [0.25, 0.3) is 22.2 Å². The summed E-state index contributed by atoms with van der Waals surface area (Å²) in [5.41, 5.74) is 9.60. The molecule has 0 aliphatic heterocycles. The Morgan fingerprint density at radius 3 is 2.69 bits per heavy atom. The number of nitrogens with one attached hydrogen (secondary N) is 1. The molecule has 164 valence electrons. The number of hydrogen-bond acceptors (Lipinski definition) is 7. The first-order chi connectivity index (χ1) is 15.6. The molecule has 0 saturated heterocycles. The quantitative estimate of drug-likeness (QED) is 0.327. The van der Waals surface area contributed by atoms with Crippen molar-refractivity contribution >= 4 is 40.1 Å². The molecule has 32 heavy (non-hydrogen) atoms. The van der Waals surface area contributed by atoms with Gasteiger partial charge in [-0.25, -0.2) is 9.97 Å². The third kappa shape index (κ3) is 4.23. The van der Waals surface area contributed by atoms with Crippen LogP contribution in [0.4, 0.5) is 5.82 Å². The van der Waals surface area contributed by atoms with E-state index in [0.29, 0.717) is 47.5 Å². The van der Waals surface area contributed by atoms with E-state index in [1.165, 1.54) is 4.68 Å². The van der Waals surface area contributed by atoms with Gasteiger partial charge < -0.3 is 20.5 Å². The average Bonchev–Trinajstić information content (AvgIpc) is 3.09. The first-order valence-electron chi connectivity index (χ1n) is 10.1. The lowest BCUT2D eigenvalue weighted by molar-refractivity contribution is 0.0951. The number of benzene rings is 2. The lowest BCUT2D eigenvalue weighted by atomic mass is 10.2.